The van der Waals surface area contributed by atoms with E-state index in [0.717, 1.165) is 31.2 Å². The number of rotatable bonds is 1. The third kappa shape index (κ3) is 1.68. The number of hydrogen-bond donors (Lipinski definition) is 1. The maximum atomic E-state index is 12.4. The molecule has 1 aromatic carbocycles. The van der Waals surface area contributed by atoms with E-state index in [4.69, 9.17) is 9.26 Å². The lowest BCUT2D eigenvalue weighted by Crippen LogP contribution is -2.52. The SMILES string of the molecule is O=C1COc2cccc3onc(c23)N1C1CCCCN1. The Morgan fingerprint density at radius 1 is 1.35 bits per heavy atom. The molecule has 0 radical (unpaired) electrons. The summed E-state index contributed by atoms with van der Waals surface area (Å²) in [5.41, 5.74) is 0.646. The van der Waals surface area contributed by atoms with Crippen LogP contribution >= 0.6 is 0 Å². The Kier molecular flexibility index (Phi) is 2.63. The molecule has 4 rings (SSSR count). The van der Waals surface area contributed by atoms with Crippen molar-refractivity contribution in [1.82, 2.24) is 10.5 Å². The first kappa shape index (κ1) is 11.7. The van der Waals surface area contributed by atoms with Crippen LogP contribution in [0.25, 0.3) is 11.0 Å². The van der Waals surface area contributed by atoms with Crippen LogP contribution < -0.4 is 15.0 Å². The summed E-state index contributed by atoms with van der Waals surface area (Å²) in [6, 6.07) is 5.51. The molecule has 20 heavy (non-hydrogen) atoms. The molecule has 1 unspecified atom stereocenters. The number of amides is 1. The zero-order valence-electron chi connectivity index (χ0n) is 11.0. The number of carbonyl (C=O) groups excluding carboxylic acids is 1. The Bertz CT molecular complexity index is 661. The number of benzene rings is 1. The van der Waals surface area contributed by atoms with E-state index >= 15 is 0 Å². The molecule has 1 atom stereocenters. The van der Waals surface area contributed by atoms with Gasteiger partial charge in [-0.25, -0.2) is 0 Å². The van der Waals surface area contributed by atoms with Gasteiger partial charge in [0, 0.05) is 0 Å². The lowest BCUT2D eigenvalue weighted by Gasteiger charge is -2.32. The molecular weight excluding hydrogens is 258 g/mol. The van der Waals surface area contributed by atoms with Gasteiger partial charge < -0.3 is 9.26 Å². The summed E-state index contributed by atoms with van der Waals surface area (Å²) in [5.74, 6) is 1.14. The number of hydrogen-bond acceptors (Lipinski definition) is 5. The number of nitrogens with zero attached hydrogens (tertiary/aromatic N) is 2. The molecule has 6 heteroatoms. The van der Waals surface area contributed by atoms with Gasteiger partial charge in [-0.15, -0.1) is 0 Å². The normalized spacial score (nSPS) is 22.7. The van der Waals surface area contributed by atoms with Crippen LogP contribution in [0.1, 0.15) is 19.3 Å². The molecule has 0 aliphatic carbocycles. The van der Waals surface area contributed by atoms with Gasteiger partial charge in [-0.05, 0) is 37.9 Å². The molecule has 2 aromatic rings. The Balaban J connectivity index is 1.86. The third-order valence-corrected chi connectivity index (χ3v) is 3.89. The van der Waals surface area contributed by atoms with Crippen LogP contribution in [0.2, 0.25) is 0 Å². The summed E-state index contributed by atoms with van der Waals surface area (Å²) in [6.07, 6.45) is 3.13. The number of carbonyl (C=O) groups is 1. The van der Waals surface area contributed by atoms with Crippen LogP contribution in [0.3, 0.4) is 0 Å². The molecule has 1 saturated heterocycles. The Morgan fingerprint density at radius 3 is 3.15 bits per heavy atom. The van der Waals surface area contributed by atoms with Crippen molar-refractivity contribution < 1.29 is 14.1 Å². The molecule has 104 valence electrons. The molecule has 1 fully saturated rings. The Labute approximate surface area is 115 Å². The molecule has 0 spiro atoms. The number of piperidine rings is 1. The number of ether oxygens (including phenoxy) is 1. The minimum atomic E-state index is -0.0872. The van der Waals surface area contributed by atoms with Crippen molar-refractivity contribution in [3.63, 3.8) is 0 Å². The fraction of sp³-hybridized carbons (Fsp3) is 0.429. The molecule has 6 nitrogen and oxygen atoms in total. The van der Waals surface area contributed by atoms with E-state index < -0.39 is 0 Å². The number of nitrogens with one attached hydrogen (secondary N) is 1. The lowest BCUT2D eigenvalue weighted by atomic mass is 10.1. The number of anilines is 1. The summed E-state index contributed by atoms with van der Waals surface area (Å²) < 4.78 is 10.9. The highest BCUT2D eigenvalue weighted by molar-refractivity contribution is 6.05. The van der Waals surface area contributed by atoms with Crippen LogP contribution in [-0.4, -0.2) is 30.4 Å². The van der Waals surface area contributed by atoms with Gasteiger partial charge in [-0.3, -0.25) is 15.0 Å². The van der Waals surface area contributed by atoms with Crippen molar-refractivity contribution >= 4 is 22.7 Å². The van der Waals surface area contributed by atoms with E-state index in [0.29, 0.717) is 17.2 Å². The van der Waals surface area contributed by atoms with E-state index in [2.05, 4.69) is 10.5 Å². The maximum absolute atomic E-state index is 12.4. The maximum Gasteiger partial charge on any atom is 0.267 e. The smallest absolute Gasteiger partial charge is 0.267 e. The second-order valence-corrected chi connectivity index (χ2v) is 5.15. The highest BCUT2D eigenvalue weighted by Crippen LogP contribution is 2.37. The second kappa shape index (κ2) is 4.49. The summed E-state index contributed by atoms with van der Waals surface area (Å²) in [7, 11) is 0. The average molecular weight is 273 g/mol. The van der Waals surface area contributed by atoms with Crippen LogP contribution in [0.4, 0.5) is 5.82 Å². The van der Waals surface area contributed by atoms with E-state index in [1.807, 2.05) is 18.2 Å². The molecule has 0 bridgehead atoms. The zero-order valence-corrected chi connectivity index (χ0v) is 11.0. The van der Waals surface area contributed by atoms with Gasteiger partial charge in [0.1, 0.15) is 11.1 Å². The second-order valence-electron chi connectivity index (χ2n) is 5.15. The quantitative estimate of drug-likeness (QED) is 0.855. The first-order valence-corrected chi connectivity index (χ1v) is 6.91. The summed E-state index contributed by atoms with van der Waals surface area (Å²) in [5, 5.41) is 8.26. The van der Waals surface area contributed by atoms with Crippen molar-refractivity contribution in [2.24, 2.45) is 0 Å². The van der Waals surface area contributed by atoms with E-state index in [1.165, 1.54) is 0 Å². The first-order valence-electron chi connectivity index (χ1n) is 6.91. The molecule has 3 heterocycles. The summed E-state index contributed by atoms with van der Waals surface area (Å²) >= 11 is 0. The van der Waals surface area contributed by atoms with E-state index in [9.17, 15) is 4.79 Å². The van der Waals surface area contributed by atoms with Crippen LogP contribution in [0, 0.1) is 0 Å². The fourth-order valence-corrected chi connectivity index (χ4v) is 2.93. The van der Waals surface area contributed by atoms with Crippen LogP contribution in [0.15, 0.2) is 22.7 Å². The highest BCUT2D eigenvalue weighted by atomic mass is 16.5. The van der Waals surface area contributed by atoms with Crippen molar-refractivity contribution in [3.05, 3.63) is 18.2 Å². The van der Waals surface area contributed by atoms with E-state index in [-0.39, 0.29) is 18.7 Å². The van der Waals surface area contributed by atoms with Gasteiger partial charge in [-0.1, -0.05) is 11.2 Å². The third-order valence-electron chi connectivity index (χ3n) is 3.89. The Hall–Kier alpha value is -2.08. The standard InChI is InChI=1S/C14H15N3O3/c18-12-8-19-9-4-3-5-10-13(9)14(16-20-10)17(12)11-6-1-2-7-15-11/h3-5,11,15H,1-2,6-8H2. The summed E-state index contributed by atoms with van der Waals surface area (Å²) in [4.78, 5) is 14.1. The molecule has 1 N–H and O–H groups in total. The monoisotopic (exact) mass is 273 g/mol. The first-order chi connectivity index (χ1) is 9.84. The van der Waals surface area contributed by atoms with Gasteiger partial charge in [-0.2, -0.15) is 0 Å². The minimum Gasteiger partial charge on any atom is -0.483 e. The topological polar surface area (TPSA) is 67.6 Å². The molecule has 2 aliphatic heterocycles. The predicted molar refractivity (Wildman–Crippen MR) is 72.6 cm³/mol. The minimum absolute atomic E-state index is 0.0284. The van der Waals surface area contributed by atoms with Crippen molar-refractivity contribution in [2.75, 3.05) is 18.1 Å². The predicted octanol–water partition coefficient (Wildman–Crippen LogP) is 1.65. The van der Waals surface area contributed by atoms with Gasteiger partial charge in [0.15, 0.2) is 18.0 Å². The number of aromatic nitrogens is 1. The fourth-order valence-electron chi connectivity index (χ4n) is 2.93. The van der Waals surface area contributed by atoms with Crippen molar-refractivity contribution in [3.8, 4) is 5.75 Å². The van der Waals surface area contributed by atoms with Gasteiger partial charge in [0.2, 0.25) is 0 Å². The lowest BCUT2D eigenvalue weighted by molar-refractivity contribution is -0.121. The molecule has 1 amide bonds. The van der Waals surface area contributed by atoms with Gasteiger partial charge in [0.05, 0.1) is 6.17 Å². The largest absolute Gasteiger partial charge is 0.483 e. The van der Waals surface area contributed by atoms with Crippen LogP contribution in [-0.2, 0) is 4.79 Å². The van der Waals surface area contributed by atoms with Crippen molar-refractivity contribution in [2.45, 2.75) is 25.4 Å². The molecule has 2 aliphatic rings. The molecular formula is C14H15N3O3. The zero-order chi connectivity index (χ0) is 13.5. The van der Waals surface area contributed by atoms with Gasteiger partial charge >= 0.3 is 0 Å². The highest BCUT2D eigenvalue weighted by Gasteiger charge is 2.34. The Morgan fingerprint density at radius 2 is 2.30 bits per heavy atom. The van der Waals surface area contributed by atoms with Crippen LogP contribution in [0.5, 0.6) is 5.75 Å². The average Bonchev–Trinajstić information content (AvgIpc) is 2.84. The van der Waals surface area contributed by atoms with Gasteiger partial charge in [0.25, 0.3) is 5.91 Å². The molecule has 1 aromatic heterocycles. The van der Waals surface area contributed by atoms with Crippen molar-refractivity contribution in [1.29, 1.82) is 0 Å². The molecule has 0 saturated carbocycles. The van der Waals surface area contributed by atoms with E-state index in [1.54, 1.807) is 4.90 Å². The summed E-state index contributed by atoms with van der Waals surface area (Å²) in [6.45, 7) is 0.950.